The van der Waals surface area contributed by atoms with Crippen LogP contribution in [0.2, 0.25) is 0 Å². The predicted molar refractivity (Wildman–Crippen MR) is 77.6 cm³/mol. The van der Waals surface area contributed by atoms with E-state index in [1.807, 2.05) is 6.92 Å². The van der Waals surface area contributed by atoms with Crippen LogP contribution in [0.4, 0.5) is 0 Å². The molecule has 0 saturated carbocycles. The lowest BCUT2D eigenvalue weighted by Gasteiger charge is -2.14. The molecule has 0 saturated heterocycles. The summed E-state index contributed by atoms with van der Waals surface area (Å²) in [5, 5.41) is 0. The Bertz CT molecular complexity index is 190. The SMILES string of the molecule is CCCCCCCCCC(CCC)C(=O)OCC. The Morgan fingerprint density at radius 1 is 0.833 bits per heavy atom. The normalized spacial score (nSPS) is 12.4. The standard InChI is InChI=1S/C16H32O2/c1-4-7-8-9-10-11-12-14-15(13-5-2)16(17)18-6-3/h15H,4-14H2,1-3H3. The molecular formula is C16H32O2. The zero-order valence-corrected chi connectivity index (χ0v) is 12.7. The second-order valence-electron chi connectivity index (χ2n) is 5.15. The first-order chi connectivity index (χ1) is 8.76. The molecule has 18 heavy (non-hydrogen) atoms. The van der Waals surface area contributed by atoms with Gasteiger partial charge in [0.1, 0.15) is 0 Å². The first-order valence-electron chi connectivity index (χ1n) is 7.92. The molecule has 0 heterocycles. The molecule has 0 N–H and O–H groups in total. The molecule has 0 aromatic rings. The topological polar surface area (TPSA) is 26.3 Å². The van der Waals surface area contributed by atoms with Crippen molar-refractivity contribution in [3.05, 3.63) is 0 Å². The monoisotopic (exact) mass is 256 g/mol. The van der Waals surface area contributed by atoms with Crippen LogP contribution < -0.4 is 0 Å². The number of hydrogen-bond acceptors (Lipinski definition) is 2. The molecule has 1 atom stereocenters. The fourth-order valence-electron chi connectivity index (χ4n) is 2.34. The van der Waals surface area contributed by atoms with Gasteiger partial charge in [-0.25, -0.2) is 0 Å². The molecule has 0 aliphatic carbocycles. The van der Waals surface area contributed by atoms with Gasteiger partial charge in [0.05, 0.1) is 12.5 Å². The van der Waals surface area contributed by atoms with Gasteiger partial charge < -0.3 is 4.74 Å². The third-order valence-corrected chi connectivity index (χ3v) is 3.41. The molecule has 0 spiro atoms. The molecule has 0 radical (unpaired) electrons. The van der Waals surface area contributed by atoms with E-state index in [-0.39, 0.29) is 11.9 Å². The molecule has 2 heteroatoms. The van der Waals surface area contributed by atoms with E-state index in [9.17, 15) is 4.79 Å². The van der Waals surface area contributed by atoms with E-state index in [4.69, 9.17) is 4.74 Å². The summed E-state index contributed by atoms with van der Waals surface area (Å²) in [7, 11) is 0. The highest BCUT2D eigenvalue weighted by Gasteiger charge is 2.17. The lowest BCUT2D eigenvalue weighted by Crippen LogP contribution is -2.17. The van der Waals surface area contributed by atoms with Crippen LogP contribution in [0.25, 0.3) is 0 Å². The van der Waals surface area contributed by atoms with Crippen molar-refractivity contribution in [2.75, 3.05) is 6.61 Å². The number of hydrogen-bond donors (Lipinski definition) is 0. The van der Waals surface area contributed by atoms with Crippen LogP contribution in [-0.4, -0.2) is 12.6 Å². The van der Waals surface area contributed by atoms with Crippen LogP contribution in [0.5, 0.6) is 0 Å². The van der Waals surface area contributed by atoms with Crippen molar-refractivity contribution in [1.82, 2.24) is 0 Å². The van der Waals surface area contributed by atoms with E-state index in [1.165, 1.54) is 44.9 Å². The van der Waals surface area contributed by atoms with Gasteiger partial charge in [-0.2, -0.15) is 0 Å². The number of esters is 1. The first-order valence-corrected chi connectivity index (χ1v) is 7.92. The van der Waals surface area contributed by atoms with E-state index >= 15 is 0 Å². The summed E-state index contributed by atoms with van der Waals surface area (Å²) >= 11 is 0. The van der Waals surface area contributed by atoms with Gasteiger partial charge in [0.15, 0.2) is 0 Å². The lowest BCUT2D eigenvalue weighted by atomic mass is 9.96. The third-order valence-electron chi connectivity index (χ3n) is 3.41. The largest absolute Gasteiger partial charge is 0.466 e. The summed E-state index contributed by atoms with van der Waals surface area (Å²) in [5.74, 6) is 0.163. The van der Waals surface area contributed by atoms with E-state index in [2.05, 4.69) is 13.8 Å². The zero-order valence-electron chi connectivity index (χ0n) is 12.7. The minimum atomic E-state index is 0.0188. The molecule has 0 aromatic heterocycles. The summed E-state index contributed by atoms with van der Waals surface area (Å²) in [5.41, 5.74) is 0. The summed E-state index contributed by atoms with van der Waals surface area (Å²) in [6.07, 6.45) is 12.2. The summed E-state index contributed by atoms with van der Waals surface area (Å²) < 4.78 is 5.13. The van der Waals surface area contributed by atoms with E-state index in [1.54, 1.807) is 0 Å². The summed E-state index contributed by atoms with van der Waals surface area (Å²) in [6.45, 7) is 6.77. The Hall–Kier alpha value is -0.530. The highest BCUT2D eigenvalue weighted by atomic mass is 16.5. The smallest absolute Gasteiger partial charge is 0.308 e. The van der Waals surface area contributed by atoms with Crippen molar-refractivity contribution >= 4 is 5.97 Å². The fourth-order valence-corrected chi connectivity index (χ4v) is 2.34. The van der Waals surface area contributed by atoms with Gasteiger partial charge in [0.25, 0.3) is 0 Å². The minimum absolute atomic E-state index is 0.0188. The molecule has 0 amide bonds. The van der Waals surface area contributed by atoms with Crippen molar-refractivity contribution in [2.24, 2.45) is 5.92 Å². The first kappa shape index (κ1) is 17.5. The molecule has 0 aliphatic heterocycles. The summed E-state index contributed by atoms with van der Waals surface area (Å²) in [6, 6.07) is 0. The highest BCUT2D eigenvalue weighted by Crippen LogP contribution is 2.18. The molecule has 0 fully saturated rings. The predicted octanol–water partition coefficient (Wildman–Crippen LogP) is 5.11. The second-order valence-corrected chi connectivity index (χ2v) is 5.15. The van der Waals surface area contributed by atoms with Crippen molar-refractivity contribution in [3.63, 3.8) is 0 Å². The van der Waals surface area contributed by atoms with Gasteiger partial charge in [-0.1, -0.05) is 65.2 Å². The minimum Gasteiger partial charge on any atom is -0.466 e. The molecule has 108 valence electrons. The van der Waals surface area contributed by atoms with Crippen LogP contribution in [0.15, 0.2) is 0 Å². The van der Waals surface area contributed by atoms with Crippen molar-refractivity contribution in [1.29, 1.82) is 0 Å². The maximum Gasteiger partial charge on any atom is 0.308 e. The number of rotatable bonds is 12. The molecule has 2 nitrogen and oxygen atoms in total. The van der Waals surface area contributed by atoms with E-state index in [0.717, 1.165) is 19.3 Å². The quantitative estimate of drug-likeness (QED) is 0.358. The average Bonchev–Trinajstić information content (AvgIpc) is 2.36. The summed E-state index contributed by atoms with van der Waals surface area (Å²) in [4.78, 5) is 11.7. The Balaban J connectivity index is 3.60. The Kier molecular flexibility index (Phi) is 12.5. The number of unbranched alkanes of at least 4 members (excludes halogenated alkanes) is 6. The molecule has 0 rings (SSSR count). The maximum absolute atomic E-state index is 11.7. The Morgan fingerprint density at radius 2 is 1.44 bits per heavy atom. The Morgan fingerprint density at radius 3 is 2.00 bits per heavy atom. The molecule has 0 bridgehead atoms. The fraction of sp³-hybridized carbons (Fsp3) is 0.938. The molecule has 1 unspecified atom stereocenters. The number of ether oxygens (including phenoxy) is 1. The van der Waals surface area contributed by atoms with Crippen LogP contribution in [0.1, 0.15) is 85.0 Å². The number of carbonyl (C=O) groups is 1. The van der Waals surface area contributed by atoms with Crippen molar-refractivity contribution < 1.29 is 9.53 Å². The van der Waals surface area contributed by atoms with Gasteiger partial charge in [0, 0.05) is 0 Å². The molecule has 0 aromatic carbocycles. The van der Waals surface area contributed by atoms with Crippen LogP contribution in [-0.2, 0) is 9.53 Å². The van der Waals surface area contributed by atoms with Gasteiger partial charge in [-0.3, -0.25) is 4.79 Å². The third kappa shape index (κ3) is 9.49. The van der Waals surface area contributed by atoms with Crippen molar-refractivity contribution in [3.8, 4) is 0 Å². The van der Waals surface area contributed by atoms with Gasteiger partial charge >= 0.3 is 5.97 Å². The van der Waals surface area contributed by atoms with E-state index < -0.39 is 0 Å². The molecule has 0 aliphatic rings. The Labute approximate surface area is 113 Å². The van der Waals surface area contributed by atoms with E-state index in [0.29, 0.717) is 6.61 Å². The molecular weight excluding hydrogens is 224 g/mol. The number of carbonyl (C=O) groups excluding carboxylic acids is 1. The van der Waals surface area contributed by atoms with Crippen LogP contribution in [0, 0.1) is 5.92 Å². The van der Waals surface area contributed by atoms with Crippen molar-refractivity contribution in [2.45, 2.75) is 85.0 Å². The second kappa shape index (κ2) is 12.9. The van der Waals surface area contributed by atoms with Crippen LogP contribution >= 0.6 is 0 Å². The van der Waals surface area contributed by atoms with Gasteiger partial charge in [-0.15, -0.1) is 0 Å². The highest BCUT2D eigenvalue weighted by molar-refractivity contribution is 5.72. The van der Waals surface area contributed by atoms with Gasteiger partial charge in [0.2, 0.25) is 0 Å². The van der Waals surface area contributed by atoms with Crippen LogP contribution in [0.3, 0.4) is 0 Å². The van der Waals surface area contributed by atoms with Gasteiger partial charge in [-0.05, 0) is 19.8 Å². The zero-order chi connectivity index (χ0) is 13.6. The lowest BCUT2D eigenvalue weighted by molar-refractivity contribution is -0.148. The average molecular weight is 256 g/mol. The maximum atomic E-state index is 11.7.